The largest absolute Gasteiger partial charge is 0.483 e. The molecule has 9 heteroatoms. The normalized spacial score (nSPS) is 16.3. The Morgan fingerprint density at radius 1 is 1.10 bits per heavy atom. The molecule has 0 atom stereocenters. The Balaban J connectivity index is 0.000000730. The summed E-state index contributed by atoms with van der Waals surface area (Å²) in [6, 6.07) is 8.46. The van der Waals surface area contributed by atoms with Crippen molar-refractivity contribution in [3.05, 3.63) is 41.2 Å². The molecule has 3 heterocycles. The predicted octanol–water partition coefficient (Wildman–Crippen LogP) is 2.49. The van der Waals surface area contributed by atoms with Crippen LogP contribution in [-0.2, 0) is 24.7 Å². The van der Waals surface area contributed by atoms with Gasteiger partial charge in [-0.1, -0.05) is 12.1 Å². The number of benzene rings is 1. The van der Waals surface area contributed by atoms with Gasteiger partial charge in [-0.3, -0.25) is 14.3 Å². The van der Waals surface area contributed by atoms with E-state index >= 15 is 0 Å². The van der Waals surface area contributed by atoms with E-state index in [9.17, 15) is 4.79 Å². The molecule has 0 saturated carbocycles. The molecule has 2 aromatic heterocycles. The SMILES string of the molecule is Cn1nc2c(c1C(=O)N1CCCN(c3nc4ccccc4o3)CC1)CCCC2.O=CO. The average molecular weight is 425 g/mol. The Morgan fingerprint density at radius 3 is 2.68 bits per heavy atom. The van der Waals surface area contributed by atoms with E-state index in [1.54, 1.807) is 4.68 Å². The van der Waals surface area contributed by atoms with Gasteiger partial charge in [0.15, 0.2) is 5.58 Å². The molecular formula is C22H27N5O4. The maximum atomic E-state index is 13.3. The summed E-state index contributed by atoms with van der Waals surface area (Å²) in [6.45, 7) is 2.71. The summed E-state index contributed by atoms with van der Waals surface area (Å²) in [6.07, 6.45) is 5.16. The number of anilines is 1. The minimum atomic E-state index is -0.250. The van der Waals surface area contributed by atoms with Crippen LogP contribution in [0.5, 0.6) is 0 Å². The van der Waals surface area contributed by atoms with Crippen molar-refractivity contribution in [3.63, 3.8) is 0 Å². The number of aryl methyl sites for hydroxylation is 2. The Hall–Kier alpha value is -3.36. The van der Waals surface area contributed by atoms with Crippen LogP contribution < -0.4 is 4.90 Å². The second-order valence-corrected chi connectivity index (χ2v) is 7.81. The first-order chi connectivity index (χ1) is 15.1. The number of fused-ring (bicyclic) bond motifs is 2. The van der Waals surface area contributed by atoms with Gasteiger partial charge in [0.25, 0.3) is 18.4 Å². The molecule has 9 nitrogen and oxygen atoms in total. The van der Waals surface area contributed by atoms with Gasteiger partial charge in [0.2, 0.25) is 0 Å². The maximum Gasteiger partial charge on any atom is 0.298 e. The number of amides is 1. The molecule has 5 rings (SSSR count). The van der Waals surface area contributed by atoms with Crippen LogP contribution >= 0.6 is 0 Å². The topological polar surface area (TPSA) is 105 Å². The van der Waals surface area contributed by atoms with E-state index in [0.29, 0.717) is 12.6 Å². The molecule has 0 bridgehead atoms. The van der Waals surface area contributed by atoms with Crippen LogP contribution in [0.3, 0.4) is 0 Å². The summed E-state index contributed by atoms with van der Waals surface area (Å²) in [5, 5.41) is 11.5. The van der Waals surface area contributed by atoms with E-state index in [1.807, 2.05) is 36.2 Å². The van der Waals surface area contributed by atoms with Crippen LogP contribution in [0.1, 0.15) is 41.0 Å². The number of aromatic nitrogens is 3. The van der Waals surface area contributed by atoms with Crippen molar-refractivity contribution in [1.82, 2.24) is 19.7 Å². The summed E-state index contributed by atoms with van der Waals surface area (Å²) in [5.74, 6) is 0.109. The molecule has 31 heavy (non-hydrogen) atoms. The third kappa shape index (κ3) is 4.26. The molecule has 0 radical (unpaired) electrons. The van der Waals surface area contributed by atoms with Crippen LogP contribution in [0.2, 0.25) is 0 Å². The van der Waals surface area contributed by atoms with Gasteiger partial charge in [-0.2, -0.15) is 10.1 Å². The molecular weight excluding hydrogens is 398 g/mol. The molecule has 1 amide bonds. The fraction of sp³-hybridized carbons (Fsp3) is 0.455. The highest BCUT2D eigenvalue weighted by molar-refractivity contribution is 5.94. The molecule has 2 aliphatic rings. The van der Waals surface area contributed by atoms with Gasteiger partial charge in [0.05, 0.1) is 5.69 Å². The third-order valence-corrected chi connectivity index (χ3v) is 5.86. The average Bonchev–Trinajstić information content (AvgIpc) is 3.25. The number of rotatable bonds is 2. The van der Waals surface area contributed by atoms with Gasteiger partial charge in [-0.15, -0.1) is 0 Å². The van der Waals surface area contributed by atoms with Crippen molar-refractivity contribution in [3.8, 4) is 0 Å². The number of oxazole rings is 1. The van der Waals surface area contributed by atoms with Crippen molar-refractivity contribution < 1.29 is 19.1 Å². The first-order valence-electron chi connectivity index (χ1n) is 10.6. The summed E-state index contributed by atoms with van der Waals surface area (Å²) < 4.78 is 7.72. The lowest BCUT2D eigenvalue weighted by Crippen LogP contribution is -2.36. The van der Waals surface area contributed by atoms with E-state index in [2.05, 4.69) is 15.0 Å². The van der Waals surface area contributed by atoms with Crippen LogP contribution in [0.15, 0.2) is 28.7 Å². The van der Waals surface area contributed by atoms with Crippen LogP contribution in [0.25, 0.3) is 11.1 Å². The molecule has 0 unspecified atom stereocenters. The Bertz CT molecular complexity index is 1040. The van der Waals surface area contributed by atoms with Crippen molar-refractivity contribution in [2.24, 2.45) is 7.05 Å². The van der Waals surface area contributed by atoms with Crippen molar-refractivity contribution in [1.29, 1.82) is 0 Å². The van der Waals surface area contributed by atoms with Crippen LogP contribution in [-0.4, -0.2) is 63.3 Å². The van der Waals surface area contributed by atoms with Crippen LogP contribution in [0, 0.1) is 0 Å². The number of hydrogen-bond donors (Lipinski definition) is 1. The quantitative estimate of drug-likeness (QED) is 0.629. The standard InChI is InChI=1S/C21H25N5O2.CH2O2/c1-24-19(15-7-2-3-8-16(15)23-24)20(27)25-11-6-12-26(14-13-25)21-22-17-9-4-5-10-18(17)28-21;2-1-3/h4-5,9-10H,2-3,6-8,11-14H2,1H3;1H,(H,2,3). The zero-order chi connectivity index (χ0) is 21.8. The fourth-order valence-electron chi connectivity index (χ4n) is 4.41. The molecule has 164 valence electrons. The van der Waals surface area contributed by atoms with E-state index in [4.69, 9.17) is 14.3 Å². The van der Waals surface area contributed by atoms with E-state index in [1.165, 1.54) is 12.0 Å². The van der Waals surface area contributed by atoms with Crippen molar-refractivity contribution in [2.75, 3.05) is 31.1 Å². The zero-order valence-electron chi connectivity index (χ0n) is 17.7. The summed E-state index contributed by atoms with van der Waals surface area (Å²) in [4.78, 5) is 30.4. The molecule has 0 spiro atoms. The highest BCUT2D eigenvalue weighted by Crippen LogP contribution is 2.26. The second-order valence-electron chi connectivity index (χ2n) is 7.81. The van der Waals surface area contributed by atoms with Gasteiger partial charge in [-0.05, 0) is 44.2 Å². The Labute approximate surface area is 180 Å². The Kier molecular flexibility index (Phi) is 6.20. The number of carboxylic acid groups (broad SMARTS) is 1. The van der Waals surface area contributed by atoms with Gasteiger partial charge >= 0.3 is 0 Å². The van der Waals surface area contributed by atoms with Gasteiger partial charge in [0, 0.05) is 38.8 Å². The van der Waals surface area contributed by atoms with E-state index < -0.39 is 0 Å². The molecule has 1 aliphatic carbocycles. The zero-order valence-corrected chi connectivity index (χ0v) is 17.7. The summed E-state index contributed by atoms with van der Waals surface area (Å²) >= 11 is 0. The van der Waals surface area contributed by atoms with E-state index in [-0.39, 0.29) is 12.4 Å². The summed E-state index contributed by atoms with van der Waals surface area (Å²) in [5.41, 5.74) is 4.73. The molecule has 1 saturated heterocycles. The lowest BCUT2D eigenvalue weighted by Gasteiger charge is -2.22. The number of hydrogen-bond acceptors (Lipinski definition) is 6. The number of nitrogens with zero attached hydrogens (tertiary/aromatic N) is 5. The third-order valence-electron chi connectivity index (χ3n) is 5.86. The Morgan fingerprint density at radius 2 is 1.87 bits per heavy atom. The lowest BCUT2D eigenvalue weighted by atomic mass is 9.95. The first kappa shape index (κ1) is 20.9. The molecule has 1 aliphatic heterocycles. The monoisotopic (exact) mass is 425 g/mol. The minimum Gasteiger partial charge on any atom is -0.483 e. The molecule has 1 fully saturated rings. The molecule has 3 aromatic rings. The lowest BCUT2D eigenvalue weighted by molar-refractivity contribution is -0.122. The summed E-state index contributed by atoms with van der Waals surface area (Å²) in [7, 11) is 1.90. The minimum absolute atomic E-state index is 0.109. The maximum absolute atomic E-state index is 13.3. The second kappa shape index (κ2) is 9.20. The number of carbonyl (C=O) groups is 2. The number of carbonyl (C=O) groups excluding carboxylic acids is 1. The van der Waals surface area contributed by atoms with Gasteiger partial charge in [-0.25, -0.2) is 0 Å². The molecule has 1 N–H and O–H groups in total. The van der Waals surface area contributed by atoms with Gasteiger partial charge < -0.3 is 19.3 Å². The highest BCUT2D eigenvalue weighted by Gasteiger charge is 2.29. The predicted molar refractivity (Wildman–Crippen MR) is 115 cm³/mol. The smallest absolute Gasteiger partial charge is 0.298 e. The fourth-order valence-corrected chi connectivity index (χ4v) is 4.41. The van der Waals surface area contributed by atoms with Crippen molar-refractivity contribution in [2.45, 2.75) is 32.1 Å². The van der Waals surface area contributed by atoms with E-state index in [0.717, 1.165) is 67.8 Å². The van der Waals surface area contributed by atoms with Crippen LogP contribution in [0.4, 0.5) is 6.01 Å². The molecule has 1 aromatic carbocycles. The van der Waals surface area contributed by atoms with Gasteiger partial charge in [0.1, 0.15) is 11.2 Å². The number of para-hydroxylation sites is 2. The first-order valence-corrected chi connectivity index (χ1v) is 10.6. The van der Waals surface area contributed by atoms with Crippen molar-refractivity contribution >= 4 is 29.5 Å². The highest BCUT2D eigenvalue weighted by atomic mass is 16.4.